The van der Waals surface area contributed by atoms with Gasteiger partial charge in [-0.2, -0.15) is 4.98 Å². The fraction of sp³-hybridized carbons (Fsp3) is 0.118. The number of carbonyl (C=O) groups is 1. The summed E-state index contributed by atoms with van der Waals surface area (Å²) in [5, 5.41) is 17.9. The number of nitro benzene ring substituents is 1. The van der Waals surface area contributed by atoms with Gasteiger partial charge in [0.1, 0.15) is 6.04 Å². The predicted molar refractivity (Wildman–Crippen MR) is 93.7 cm³/mol. The maximum atomic E-state index is 12.3. The summed E-state index contributed by atoms with van der Waals surface area (Å²) in [7, 11) is 0. The zero-order valence-electron chi connectivity index (χ0n) is 13.5. The number of non-ortho nitro benzene ring substituents is 1. The van der Waals surface area contributed by atoms with E-state index in [1.165, 1.54) is 24.3 Å². The second-order valence-electron chi connectivity index (χ2n) is 5.47. The highest BCUT2D eigenvalue weighted by Crippen LogP contribution is 2.22. The van der Waals surface area contributed by atoms with Gasteiger partial charge in [0.15, 0.2) is 0 Å². The minimum absolute atomic E-state index is 0.161. The maximum absolute atomic E-state index is 12.3. The first-order valence-corrected chi connectivity index (χ1v) is 7.96. The average molecular weight is 373 g/mol. The number of amides is 1. The first-order chi connectivity index (χ1) is 12.4. The zero-order valence-corrected chi connectivity index (χ0v) is 14.3. The minimum atomic E-state index is -0.581. The highest BCUT2D eigenvalue weighted by atomic mass is 35.5. The van der Waals surface area contributed by atoms with Gasteiger partial charge in [0.2, 0.25) is 11.7 Å². The van der Waals surface area contributed by atoms with Crippen molar-refractivity contribution in [3.8, 4) is 11.4 Å². The molecule has 0 aliphatic carbocycles. The van der Waals surface area contributed by atoms with Crippen LogP contribution in [0.5, 0.6) is 0 Å². The van der Waals surface area contributed by atoms with Crippen molar-refractivity contribution in [2.75, 3.05) is 0 Å². The normalized spacial score (nSPS) is 11.8. The van der Waals surface area contributed by atoms with Gasteiger partial charge in [0, 0.05) is 28.3 Å². The molecular formula is C17H13ClN4O4. The number of nitrogens with one attached hydrogen (secondary N) is 1. The molecule has 0 fully saturated rings. The molecule has 1 heterocycles. The number of hydrogen-bond acceptors (Lipinski definition) is 6. The van der Waals surface area contributed by atoms with Gasteiger partial charge in [-0.3, -0.25) is 14.9 Å². The van der Waals surface area contributed by atoms with Gasteiger partial charge < -0.3 is 9.84 Å². The number of rotatable bonds is 5. The highest BCUT2D eigenvalue weighted by Gasteiger charge is 2.19. The number of benzene rings is 2. The van der Waals surface area contributed by atoms with Crippen LogP contribution >= 0.6 is 11.6 Å². The number of carbonyl (C=O) groups excluding carboxylic acids is 1. The number of nitro groups is 1. The van der Waals surface area contributed by atoms with Crippen molar-refractivity contribution >= 4 is 23.2 Å². The summed E-state index contributed by atoms with van der Waals surface area (Å²) in [6.45, 7) is 1.67. The second-order valence-corrected chi connectivity index (χ2v) is 5.91. The van der Waals surface area contributed by atoms with Gasteiger partial charge in [-0.05, 0) is 25.1 Å². The molecule has 1 N–H and O–H groups in total. The Labute approximate surface area is 152 Å². The van der Waals surface area contributed by atoms with Gasteiger partial charge in [0.05, 0.1) is 4.92 Å². The van der Waals surface area contributed by atoms with Crippen LogP contribution < -0.4 is 5.32 Å². The smallest absolute Gasteiger partial charge is 0.270 e. The summed E-state index contributed by atoms with van der Waals surface area (Å²) in [6, 6.07) is 11.8. The van der Waals surface area contributed by atoms with Crippen molar-refractivity contribution < 1.29 is 14.2 Å². The lowest BCUT2D eigenvalue weighted by Gasteiger charge is -2.09. The van der Waals surface area contributed by atoms with Crippen LogP contribution in [-0.2, 0) is 0 Å². The van der Waals surface area contributed by atoms with Crippen LogP contribution in [0.4, 0.5) is 5.69 Å². The molecule has 1 atom stereocenters. The van der Waals surface area contributed by atoms with Crippen molar-refractivity contribution in [3.05, 3.63) is 75.1 Å². The molecule has 0 unspecified atom stereocenters. The monoisotopic (exact) mass is 372 g/mol. The van der Waals surface area contributed by atoms with Crippen LogP contribution in [0.25, 0.3) is 11.4 Å². The average Bonchev–Trinajstić information content (AvgIpc) is 3.12. The molecule has 26 heavy (non-hydrogen) atoms. The van der Waals surface area contributed by atoms with E-state index in [0.717, 1.165) is 0 Å². The standard InChI is InChI=1S/C17H13ClN4O4/c1-10(19-16(23)12-5-3-7-14(9-12)22(24)25)17-20-15(21-26-17)11-4-2-6-13(18)8-11/h2-10H,1H3,(H,19,23)/t10-/m1/s1. The molecule has 0 bridgehead atoms. The van der Waals surface area contributed by atoms with Crippen LogP contribution in [0.1, 0.15) is 29.2 Å². The Hall–Kier alpha value is -3.26. The Bertz CT molecular complexity index is 973. The molecule has 1 aromatic heterocycles. The molecule has 3 aromatic rings. The molecule has 0 aliphatic rings. The summed E-state index contributed by atoms with van der Waals surface area (Å²) >= 11 is 5.94. The molecule has 0 radical (unpaired) electrons. The van der Waals surface area contributed by atoms with E-state index in [1.807, 2.05) is 0 Å². The van der Waals surface area contributed by atoms with E-state index in [-0.39, 0.29) is 17.1 Å². The summed E-state index contributed by atoms with van der Waals surface area (Å²) in [4.78, 5) is 26.8. The lowest BCUT2D eigenvalue weighted by molar-refractivity contribution is -0.384. The second kappa shape index (κ2) is 7.32. The summed E-state index contributed by atoms with van der Waals surface area (Å²) in [5.41, 5.74) is 0.691. The van der Waals surface area contributed by atoms with E-state index >= 15 is 0 Å². The van der Waals surface area contributed by atoms with Crippen LogP contribution in [0, 0.1) is 10.1 Å². The maximum Gasteiger partial charge on any atom is 0.270 e. The summed E-state index contributed by atoms with van der Waals surface area (Å²) < 4.78 is 5.19. The molecule has 9 heteroatoms. The highest BCUT2D eigenvalue weighted by molar-refractivity contribution is 6.30. The number of halogens is 1. The third-order valence-corrected chi connectivity index (χ3v) is 3.80. The molecule has 8 nitrogen and oxygen atoms in total. The SMILES string of the molecule is C[C@@H](NC(=O)c1cccc([N+](=O)[O-])c1)c1nc(-c2cccc(Cl)c2)no1. The molecule has 0 saturated heterocycles. The number of aromatic nitrogens is 2. The molecule has 0 spiro atoms. The van der Waals surface area contributed by atoms with Crippen LogP contribution in [0.15, 0.2) is 53.1 Å². The van der Waals surface area contributed by atoms with Crippen molar-refractivity contribution in [2.45, 2.75) is 13.0 Å². The Balaban J connectivity index is 1.74. The van der Waals surface area contributed by atoms with E-state index in [4.69, 9.17) is 16.1 Å². The van der Waals surface area contributed by atoms with Crippen LogP contribution in [0.3, 0.4) is 0 Å². The third kappa shape index (κ3) is 3.86. The van der Waals surface area contributed by atoms with E-state index in [9.17, 15) is 14.9 Å². The summed E-state index contributed by atoms with van der Waals surface area (Å²) in [5.74, 6) is 0.0707. The Morgan fingerprint density at radius 1 is 1.27 bits per heavy atom. The molecule has 2 aromatic carbocycles. The van der Waals surface area contributed by atoms with Gasteiger partial charge in [-0.25, -0.2) is 0 Å². The lowest BCUT2D eigenvalue weighted by atomic mass is 10.2. The Morgan fingerprint density at radius 2 is 2.04 bits per heavy atom. The van der Waals surface area contributed by atoms with Crippen LogP contribution in [0.2, 0.25) is 5.02 Å². The van der Waals surface area contributed by atoms with Crippen LogP contribution in [-0.4, -0.2) is 21.0 Å². The molecule has 3 rings (SSSR count). The van der Waals surface area contributed by atoms with E-state index < -0.39 is 16.9 Å². The predicted octanol–water partition coefficient (Wildman–Crippen LogP) is 3.79. The molecule has 132 valence electrons. The van der Waals surface area contributed by atoms with Gasteiger partial charge in [-0.15, -0.1) is 0 Å². The molecular weight excluding hydrogens is 360 g/mol. The largest absolute Gasteiger partial charge is 0.341 e. The quantitative estimate of drug-likeness (QED) is 0.538. The number of hydrogen-bond donors (Lipinski definition) is 1. The molecule has 0 aliphatic heterocycles. The lowest BCUT2D eigenvalue weighted by Crippen LogP contribution is -2.26. The molecule has 0 saturated carbocycles. The van der Waals surface area contributed by atoms with Gasteiger partial charge in [-0.1, -0.05) is 35.0 Å². The Morgan fingerprint density at radius 3 is 2.77 bits per heavy atom. The number of nitrogens with zero attached hydrogens (tertiary/aromatic N) is 3. The van der Waals surface area contributed by atoms with Gasteiger partial charge >= 0.3 is 0 Å². The van der Waals surface area contributed by atoms with E-state index in [1.54, 1.807) is 31.2 Å². The topological polar surface area (TPSA) is 111 Å². The fourth-order valence-corrected chi connectivity index (χ4v) is 2.45. The third-order valence-electron chi connectivity index (χ3n) is 3.56. The van der Waals surface area contributed by atoms with Crippen molar-refractivity contribution in [3.63, 3.8) is 0 Å². The van der Waals surface area contributed by atoms with Crippen molar-refractivity contribution in [1.82, 2.24) is 15.5 Å². The summed E-state index contributed by atoms with van der Waals surface area (Å²) in [6.07, 6.45) is 0. The van der Waals surface area contributed by atoms with E-state index in [2.05, 4.69) is 15.5 Å². The zero-order chi connectivity index (χ0) is 18.7. The van der Waals surface area contributed by atoms with Crippen molar-refractivity contribution in [2.24, 2.45) is 0 Å². The van der Waals surface area contributed by atoms with E-state index in [0.29, 0.717) is 16.4 Å². The fourth-order valence-electron chi connectivity index (χ4n) is 2.26. The minimum Gasteiger partial charge on any atom is -0.341 e. The van der Waals surface area contributed by atoms with Crippen molar-refractivity contribution in [1.29, 1.82) is 0 Å². The Kier molecular flexibility index (Phi) is 4.94. The van der Waals surface area contributed by atoms with Gasteiger partial charge in [0.25, 0.3) is 11.6 Å². The first kappa shape index (κ1) is 17.6. The first-order valence-electron chi connectivity index (χ1n) is 7.59. The molecule has 1 amide bonds.